The lowest BCUT2D eigenvalue weighted by Crippen LogP contribution is -2.67. The van der Waals surface area contributed by atoms with Gasteiger partial charge in [-0.1, -0.05) is 13.8 Å². The molecule has 162 valence electrons. The highest BCUT2D eigenvalue weighted by Crippen LogP contribution is 2.26. The molecule has 11 heteroatoms. The highest BCUT2D eigenvalue weighted by atomic mass is 35.5. The van der Waals surface area contributed by atoms with Gasteiger partial charge < -0.3 is 10.6 Å². The van der Waals surface area contributed by atoms with E-state index in [1.807, 2.05) is 0 Å². The van der Waals surface area contributed by atoms with Crippen LogP contribution in [-0.4, -0.2) is 70.7 Å². The molecule has 1 fully saturated rings. The second-order valence-electron chi connectivity index (χ2n) is 7.21. The molecule has 3 atom stereocenters. The van der Waals surface area contributed by atoms with Crippen molar-refractivity contribution >= 4 is 46.7 Å². The number of piperidine rings is 1. The average molecular weight is 432 g/mol. The fourth-order valence-electron chi connectivity index (χ4n) is 2.89. The molecule has 0 aromatic heterocycles. The Labute approximate surface area is 173 Å². The lowest BCUT2D eigenvalue weighted by Gasteiger charge is -2.40. The summed E-state index contributed by atoms with van der Waals surface area (Å²) >= 11 is 5.40. The molecule has 10 nitrogen and oxygen atoms in total. The number of carbonyl (C=O) groups is 6. The molecule has 0 aliphatic carbocycles. The first-order chi connectivity index (χ1) is 13.4. The summed E-state index contributed by atoms with van der Waals surface area (Å²) < 4.78 is 0. The number of alkyl halides is 1. The van der Waals surface area contributed by atoms with E-state index >= 15 is 0 Å². The van der Waals surface area contributed by atoms with Crippen molar-refractivity contribution < 1.29 is 33.6 Å². The molecule has 1 aliphatic rings. The van der Waals surface area contributed by atoms with E-state index in [2.05, 4.69) is 10.6 Å². The molecule has 0 spiro atoms. The Hall–Kier alpha value is -2.33. The first kappa shape index (κ1) is 24.7. The van der Waals surface area contributed by atoms with Crippen LogP contribution in [0, 0.1) is 5.92 Å². The summed E-state index contributed by atoms with van der Waals surface area (Å²) in [5.41, 5.74) is -1.93. The minimum Gasteiger partial charge on any atom is -0.344 e. The molecule has 2 N–H and O–H groups in total. The lowest BCUT2D eigenvalue weighted by atomic mass is 9.87. The number of ketones is 3. The third kappa shape index (κ3) is 5.18. The predicted octanol–water partition coefficient (Wildman–Crippen LogP) is -0.479. The lowest BCUT2D eigenvalue weighted by molar-refractivity contribution is -0.213. The van der Waals surface area contributed by atoms with Gasteiger partial charge in [0.1, 0.15) is 6.04 Å². The van der Waals surface area contributed by atoms with E-state index in [-0.39, 0.29) is 12.8 Å². The van der Waals surface area contributed by atoms with Crippen LogP contribution >= 0.6 is 11.6 Å². The standard InChI is InChI=1S/C18H26ClN3O7/c1-9(2)14(15(26)11(23)8-19)21-16(27)10(3)20-17(28)18(4)12(24)6-7-13(25)22(18)29-5/h9-10,14H,6-8H2,1-5H3,(H,20,28)(H,21,27)/t10-,14-,18+/m0/s1. The summed E-state index contributed by atoms with van der Waals surface area (Å²) in [6, 6.07) is -2.28. The maximum atomic E-state index is 12.7. The van der Waals surface area contributed by atoms with Gasteiger partial charge in [-0.05, 0) is 19.8 Å². The van der Waals surface area contributed by atoms with Crippen LogP contribution < -0.4 is 10.6 Å². The van der Waals surface area contributed by atoms with E-state index in [9.17, 15) is 28.8 Å². The molecule has 1 heterocycles. The molecule has 29 heavy (non-hydrogen) atoms. The van der Waals surface area contributed by atoms with Gasteiger partial charge in [0.05, 0.1) is 19.0 Å². The van der Waals surface area contributed by atoms with Gasteiger partial charge in [0.25, 0.3) is 5.91 Å². The molecule has 0 saturated carbocycles. The predicted molar refractivity (Wildman–Crippen MR) is 102 cm³/mol. The van der Waals surface area contributed by atoms with Crippen LogP contribution in [0.15, 0.2) is 0 Å². The first-order valence-electron chi connectivity index (χ1n) is 9.06. The fourth-order valence-corrected chi connectivity index (χ4v) is 3.02. The van der Waals surface area contributed by atoms with Crippen molar-refractivity contribution in [3.8, 4) is 0 Å². The Bertz CT molecular complexity index is 724. The quantitative estimate of drug-likeness (QED) is 0.285. The molecule has 0 aromatic rings. The van der Waals surface area contributed by atoms with E-state index in [1.165, 1.54) is 13.8 Å². The number of hydroxylamine groups is 2. The molecule has 1 rings (SSSR count). The summed E-state index contributed by atoms with van der Waals surface area (Å²) in [7, 11) is 1.16. The summed E-state index contributed by atoms with van der Waals surface area (Å²) in [4.78, 5) is 78.2. The van der Waals surface area contributed by atoms with Crippen LogP contribution in [0.25, 0.3) is 0 Å². The second-order valence-corrected chi connectivity index (χ2v) is 7.48. The number of hydrogen-bond donors (Lipinski definition) is 2. The monoisotopic (exact) mass is 431 g/mol. The minimum absolute atomic E-state index is 0.0850. The maximum absolute atomic E-state index is 12.7. The van der Waals surface area contributed by atoms with Gasteiger partial charge in [-0.25, -0.2) is 0 Å². The molecule has 0 aromatic carbocycles. The van der Waals surface area contributed by atoms with Crippen molar-refractivity contribution in [2.24, 2.45) is 5.92 Å². The molecular formula is C18H26ClN3O7. The number of nitrogens with zero attached hydrogens (tertiary/aromatic N) is 1. The Balaban J connectivity index is 2.94. The molecule has 1 aliphatic heterocycles. The normalized spacial score (nSPS) is 21.6. The minimum atomic E-state index is -1.93. The number of nitrogens with one attached hydrogen (secondary N) is 2. The van der Waals surface area contributed by atoms with Gasteiger partial charge in [0.2, 0.25) is 28.9 Å². The van der Waals surface area contributed by atoms with Crippen molar-refractivity contribution in [1.82, 2.24) is 15.7 Å². The third-order valence-electron chi connectivity index (χ3n) is 4.75. The van der Waals surface area contributed by atoms with Crippen LogP contribution in [0.2, 0.25) is 0 Å². The van der Waals surface area contributed by atoms with Gasteiger partial charge in [0.15, 0.2) is 5.78 Å². The zero-order valence-corrected chi connectivity index (χ0v) is 17.8. The number of rotatable bonds is 9. The van der Waals surface area contributed by atoms with E-state index in [4.69, 9.17) is 16.4 Å². The fraction of sp³-hybridized carbons (Fsp3) is 0.667. The molecule has 3 amide bonds. The van der Waals surface area contributed by atoms with Crippen LogP contribution in [0.1, 0.15) is 40.5 Å². The van der Waals surface area contributed by atoms with Gasteiger partial charge >= 0.3 is 0 Å². The number of amides is 3. The van der Waals surface area contributed by atoms with Gasteiger partial charge in [-0.15, -0.1) is 11.6 Å². The van der Waals surface area contributed by atoms with Crippen molar-refractivity contribution in [2.75, 3.05) is 13.0 Å². The Morgan fingerprint density at radius 2 is 1.72 bits per heavy atom. The summed E-state index contributed by atoms with van der Waals surface area (Å²) in [5, 5.41) is 5.47. The zero-order chi connectivity index (χ0) is 22.5. The highest BCUT2D eigenvalue weighted by molar-refractivity contribution is 6.48. The third-order valence-corrected chi connectivity index (χ3v) is 4.99. The summed E-state index contributed by atoms with van der Waals surface area (Å²) in [5.74, 6) is -5.30. The average Bonchev–Trinajstić information content (AvgIpc) is 2.67. The van der Waals surface area contributed by atoms with Gasteiger partial charge in [0, 0.05) is 12.8 Å². The van der Waals surface area contributed by atoms with Crippen molar-refractivity contribution in [2.45, 2.75) is 58.2 Å². The van der Waals surface area contributed by atoms with Crippen molar-refractivity contribution in [3.05, 3.63) is 0 Å². The number of halogens is 1. The van der Waals surface area contributed by atoms with Crippen LogP contribution in [0.3, 0.4) is 0 Å². The highest BCUT2D eigenvalue weighted by Gasteiger charge is 2.52. The zero-order valence-electron chi connectivity index (χ0n) is 17.0. The van der Waals surface area contributed by atoms with Crippen molar-refractivity contribution in [1.29, 1.82) is 0 Å². The molecule has 0 unspecified atom stereocenters. The van der Waals surface area contributed by atoms with Gasteiger partial charge in [-0.2, -0.15) is 5.06 Å². The summed E-state index contributed by atoms with van der Waals surface area (Å²) in [6.07, 6.45) is -0.216. The van der Waals surface area contributed by atoms with E-state index in [1.54, 1.807) is 13.8 Å². The molecular weight excluding hydrogens is 406 g/mol. The van der Waals surface area contributed by atoms with Crippen LogP contribution in [0.4, 0.5) is 0 Å². The maximum Gasteiger partial charge on any atom is 0.256 e. The largest absolute Gasteiger partial charge is 0.344 e. The van der Waals surface area contributed by atoms with E-state index < -0.39 is 64.5 Å². The molecule has 0 radical (unpaired) electrons. The number of Topliss-reactive ketones (excluding diaryl/α,β-unsaturated/α-hetero) is 3. The molecule has 1 saturated heterocycles. The van der Waals surface area contributed by atoms with Gasteiger partial charge in [-0.3, -0.25) is 33.6 Å². The van der Waals surface area contributed by atoms with Crippen LogP contribution in [0.5, 0.6) is 0 Å². The van der Waals surface area contributed by atoms with E-state index in [0.717, 1.165) is 7.11 Å². The molecule has 0 bridgehead atoms. The Morgan fingerprint density at radius 3 is 2.21 bits per heavy atom. The van der Waals surface area contributed by atoms with Crippen LogP contribution in [-0.2, 0) is 33.6 Å². The second kappa shape index (κ2) is 9.93. The Kier molecular flexibility index (Phi) is 8.46. The van der Waals surface area contributed by atoms with E-state index in [0.29, 0.717) is 5.06 Å². The smallest absolute Gasteiger partial charge is 0.256 e. The van der Waals surface area contributed by atoms with Crippen molar-refractivity contribution in [3.63, 3.8) is 0 Å². The SMILES string of the molecule is CON1C(=O)CCC(=O)[C@]1(C)C(=O)N[C@@H](C)C(=O)N[C@H](C(=O)C(=O)CCl)C(C)C. The number of carbonyl (C=O) groups excluding carboxylic acids is 6. The number of hydrogen-bond acceptors (Lipinski definition) is 7. The topological polar surface area (TPSA) is 139 Å². The first-order valence-corrected chi connectivity index (χ1v) is 9.60. The summed E-state index contributed by atoms with van der Waals surface area (Å²) in [6.45, 7) is 5.85. The Morgan fingerprint density at radius 1 is 1.14 bits per heavy atom.